The Balaban J connectivity index is 1.54. The van der Waals surface area contributed by atoms with Gasteiger partial charge >= 0.3 is 0 Å². The predicted molar refractivity (Wildman–Crippen MR) is 112 cm³/mol. The van der Waals surface area contributed by atoms with Crippen molar-refractivity contribution in [2.24, 2.45) is 0 Å². The van der Waals surface area contributed by atoms with Gasteiger partial charge in [-0.1, -0.05) is 48.0 Å². The summed E-state index contributed by atoms with van der Waals surface area (Å²) in [6, 6.07) is 16.3. The summed E-state index contributed by atoms with van der Waals surface area (Å²) in [6.45, 7) is 8.24. The Bertz CT molecular complexity index is 772. The first-order chi connectivity index (χ1) is 13.0. The maximum absolute atomic E-state index is 12.7. The number of anilines is 1. The molecule has 0 aromatic heterocycles. The van der Waals surface area contributed by atoms with E-state index in [2.05, 4.69) is 41.8 Å². The number of carbonyl (C=O) groups is 1. The third kappa shape index (κ3) is 4.82. The van der Waals surface area contributed by atoms with Crippen molar-refractivity contribution >= 4 is 23.2 Å². The number of piperazine rings is 1. The number of carbonyl (C=O) groups excluding carboxylic acids is 1. The molecule has 0 bridgehead atoms. The number of aryl methyl sites for hydroxylation is 1. The summed E-state index contributed by atoms with van der Waals surface area (Å²) in [5.74, 6) is 0.165. The van der Waals surface area contributed by atoms with E-state index in [1.165, 1.54) is 11.3 Å². The number of amides is 1. The van der Waals surface area contributed by atoms with Crippen LogP contribution in [0.3, 0.4) is 0 Å². The van der Waals surface area contributed by atoms with Gasteiger partial charge in [-0.05, 0) is 37.1 Å². The third-order valence-electron chi connectivity index (χ3n) is 5.50. The Morgan fingerprint density at radius 1 is 1.11 bits per heavy atom. The summed E-state index contributed by atoms with van der Waals surface area (Å²) in [7, 11) is 1.89. The first-order valence-electron chi connectivity index (χ1n) is 9.50. The van der Waals surface area contributed by atoms with Crippen LogP contribution in [0.4, 0.5) is 5.69 Å². The van der Waals surface area contributed by atoms with Crippen molar-refractivity contribution in [3.8, 4) is 0 Å². The highest BCUT2D eigenvalue weighted by Crippen LogP contribution is 2.25. The fraction of sp³-hybridized carbons (Fsp3) is 0.409. The van der Waals surface area contributed by atoms with Crippen molar-refractivity contribution in [3.05, 3.63) is 64.7 Å². The van der Waals surface area contributed by atoms with Gasteiger partial charge in [0.1, 0.15) is 0 Å². The van der Waals surface area contributed by atoms with Crippen LogP contribution in [-0.4, -0.2) is 55.5 Å². The second kappa shape index (κ2) is 8.77. The quantitative estimate of drug-likeness (QED) is 0.778. The van der Waals surface area contributed by atoms with Crippen LogP contribution in [0.25, 0.3) is 0 Å². The van der Waals surface area contributed by atoms with Gasteiger partial charge in [0, 0.05) is 43.9 Å². The summed E-state index contributed by atoms with van der Waals surface area (Å²) < 4.78 is 0. The molecule has 2 aromatic rings. The van der Waals surface area contributed by atoms with Gasteiger partial charge in [-0.25, -0.2) is 0 Å². The minimum absolute atomic E-state index is 0.0779. The largest absolute Gasteiger partial charge is 0.369 e. The van der Waals surface area contributed by atoms with Crippen LogP contribution < -0.4 is 4.90 Å². The van der Waals surface area contributed by atoms with Crippen LogP contribution in [0.5, 0.6) is 0 Å². The van der Waals surface area contributed by atoms with Crippen molar-refractivity contribution in [2.45, 2.75) is 19.9 Å². The molecular formula is C22H28ClN3O. The Labute approximate surface area is 167 Å². The summed E-state index contributed by atoms with van der Waals surface area (Å²) >= 11 is 6.16. The highest BCUT2D eigenvalue weighted by Gasteiger charge is 2.23. The fourth-order valence-corrected chi connectivity index (χ4v) is 3.71. The minimum Gasteiger partial charge on any atom is -0.369 e. The lowest BCUT2D eigenvalue weighted by molar-refractivity contribution is -0.133. The van der Waals surface area contributed by atoms with Gasteiger partial charge in [0.15, 0.2) is 0 Å². The van der Waals surface area contributed by atoms with Crippen LogP contribution in [0.1, 0.15) is 24.1 Å². The van der Waals surface area contributed by atoms with E-state index in [9.17, 15) is 4.79 Å². The van der Waals surface area contributed by atoms with Gasteiger partial charge in [-0.15, -0.1) is 0 Å². The molecule has 3 rings (SSSR count). The third-order valence-corrected chi connectivity index (χ3v) is 5.73. The summed E-state index contributed by atoms with van der Waals surface area (Å²) in [5, 5.41) is 0.768. The van der Waals surface area contributed by atoms with E-state index in [1.54, 1.807) is 0 Å². The summed E-state index contributed by atoms with van der Waals surface area (Å²) in [5.41, 5.74) is 3.60. The highest BCUT2D eigenvalue weighted by molar-refractivity contribution is 6.30. The Morgan fingerprint density at radius 2 is 1.78 bits per heavy atom. The molecule has 1 aliphatic heterocycles. The Hall–Kier alpha value is -2.04. The average molecular weight is 386 g/mol. The molecule has 2 aromatic carbocycles. The second-order valence-electron chi connectivity index (χ2n) is 7.29. The smallest absolute Gasteiger partial charge is 0.236 e. The van der Waals surface area contributed by atoms with Gasteiger partial charge in [0.2, 0.25) is 5.91 Å². The average Bonchev–Trinajstić information content (AvgIpc) is 2.70. The van der Waals surface area contributed by atoms with Crippen molar-refractivity contribution in [3.63, 3.8) is 0 Å². The molecule has 0 unspecified atom stereocenters. The maximum Gasteiger partial charge on any atom is 0.236 e. The molecule has 1 saturated heterocycles. The van der Waals surface area contributed by atoms with Crippen LogP contribution >= 0.6 is 11.6 Å². The predicted octanol–water partition coefficient (Wildman–Crippen LogP) is 3.99. The molecule has 1 atom stereocenters. The van der Waals surface area contributed by atoms with E-state index in [-0.39, 0.29) is 11.9 Å². The maximum atomic E-state index is 12.7. The zero-order valence-corrected chi connectivity index (χ0v) is 17.1. The normalized spacial score (nSPS) is 16.2. The molecule has 0 saturated carbocycles. The lowest BCUT2D eigenvalue weighted by Gasteiger charge is -2.37. The zero-order valence-electron chi connectivity index (χ0n) is 16.4. The van der Waals surface area contributed by atoms with Crippen LogP contribution in [-0.2, 0) is 4.79 Å². The summed E-state index contributed by atoms with van der Waals surface area (Å²) in [6.07, 6.45) is 0. The molecule has 0 aliphatic carbocycles. The number of halogens is 1. The molecule has 0 N–H and O–H groups in total. The number of hydrogen-bond donors (Lipinski definition) is 0. The molecule has 0 radical (unpaired) electrons. The van der Waals surface area contributed by atoms with Crippen molar-refractivity contribution < 1.29 is 4.79 Å². The second-order valence-corrected chi connectivity index (χ2v) is 7.72. The Morgan fingerprint density at radius 3 is 2.44 bits per heavy atom. The van der Waals surface area contributed by atoms with Gasteiger partial charge in [0.25, 0.3) is 0 Å². The molecule has 1 heterocycles. The van der Waals surface area contributed by atoms with Crippen molar-refractivity contribution in [1.82, 2.24) is 9.80 Å². The fourth-order valence-electron chi connectivity index (χ4n) is 3.54. The molecular weight excluding hydrogens is 358 g/mol. The minimum atomic E-state index is 0.0779. The Kier molecular flexibility index (Phi) is 6.40. The molecule has 1 aliphatic rings. The topological polar surface area (TPSA) is 26.8 Å². The molecule has 1 fully saturated rings. The van der Waals surface area contributed by atoms with Crippen LogP contribution in [0.2, 0.25) is 5.02 Å². The van der Waals surface area contributed by atoms with E-state index in [0.29, 0.717) is 6.54 Å². The van der Waals surface area contributed by atoms with Gasteiger partial charge < -0.3 is 9.80 Å². The van der Waals surface area contributed by atoms with Crippen LogP contribution in [0, 0.1) is 6.92 Å². The lowest BCUT2D eigenvalue weighted by Crippen LogP contribution is -2.50. The van der Waals surface area contributed by atoms with Crippen molar-refractivity contribution in [1.29, 1.82) is 0 Å². The molecule has 1 amide bonds. The van der Waals surface area contributed by atoms with E-state index >= 15 is 0 Å². The SMILES string of the molecule is Cc1ccc(Cl)cc1N1CCN(CC(=O)N(C)[C@H](C)c2ccccc2)CC1. The van der Waals surface area contributed by atoms with Crippen LogP contribution in [0.15, 0.2) is 48.5 Å². The van der Waals surface area contributed by atoms with Crippen molar-refractivity contribution in [2.75, 3.05) is 44.7 Å². The van der Waals surface area contributed by atoms with E-state index in [0.717, 1.165) is 36.8 Å². The zero-order chi connectivity index (χ0) is 19.4. The lowest BCUT2D eigenvalue weighted by atomic mass is 10.1. The standard InChI is InChI=1S/C22H28ClN3O/c1-17-9-10-20(23)15-21(17)26-13-11-25(12-14-26)16-22(27)24(3)18(2)19-7-5-4-6-8-19/h4-10,15,18H,11-14,16H2,1-3H3/t18-/m1/s1. The van der Waals surface area contributed by atoms with Gasteiger partial charge in [-0.2, -0.15) is 0 Å². The number of hydrogen-bond acceptors (Lipinski definition) is 3. The highest BCUT2D eigenvalue weighted by atomic mass is 35.5. The number of benzene rings is 2. The first-order valence-corrected chi connectivity index (χ1v) is 9.87. The number of nitrogens with zero attached hydrogens (tertiary/aromatic N) is 3. The van der Waals surface area contributed by atoms with E-state index < -0.39 is 0 Å². The molecule has 5 heteroatoms. The first kappa shape index (κ1) is 19.7. The molecule has 27 heavy (non-hydrogen) atoms. The number of rotatable bonds is 5. The molecule has 0 spiro atoms. The molecule has 4 nitrogen and oxygen atoms in total. The van der Waals surface area contributed by atoms with E-state index in [1.807, 2.05) is 42.3 Å². The molecule has 144 valence electrons. The monoisotopic (exact) mass is 385 g/mol. The summed E-state index contributed by atoms with van der Waals surface area (Å²) in [4.78, 5) is 19.2. The van der Waals surface area contributed by atoms with E-state index in [4.69, 9.17) is 11.6 Å². The number of likely N-dealkylation sites (N-methyl/N-ethyl adjacent to an activating group) is 1. The van der Waals surface area contributed by atoms with Gasteiger partial charge in [0.05, 0.1) is 12.6 Å². The van der Waals surface area contributed by atoms with Gasteiger partial charge in [-0.3, -0.25) is 9.69 Å².